The topological polar surface area (TPSA) is 0 Å². The first-order valence-electron chi connectivity index (χ1n) is 23.7. The number of fused-ring (bicyclic) bond motifs is 7. The Labute approximate surface area is 395 Å². The van der Waals surface area contributed by atoms with Crippen LogP contribution in [-0.4, -0.2) is 0 Å². The predicted octanol–water partition coefficient (Wildman–Crippen LogP) is 19.2. The van der Waals surface area contributed by atoms with Gasteiger partial charge >= 0.3 is 0 Å². The van der Waals surface area contributed by atoms with Crippen LogP contribution in [0.4, 0.5) is 0 Å². The molecule has 68 heavy (non-hydrogen) atoms. The second-order valence-corrected chi connectivity index (χ2v) is 18.2. The van der Waals surface area contributed by atoms with Crippen LogP contribution in [0.1, 0.15) is 0 Å². The van der Waals surface area contributed by atoms with E-state index in [2.05, 4.69) is 255 Å². The maximum absolute atomic E-state index is 2.45. The van der Waals surface area contributed by atoms with E-state index in [4.69, 9.17) is 0 Å². The highest BCUT2D eigenvalue weighted by atomic mass is 14.3. The number of rotatable bonds is 6. The third kappa shape index (κ3) is 5.81. The van der Waals surface area contributed by atoms with E-state index >= 15 is 0 Å². The predicted molar refractivity (Wildman–Crippen MR) is 293 cm³/mol. The molecule has 0 atom stereocenters. The molecule has 0 radical (unpaired) electrons. The Bertz CT molecular complexity index is 4280. The zero-order valence-electron chi connectivity index (χ0n) is 37.2. The Hall–Kier alpha value is -8.84. The van der Waals surface area contributed by atoms with Crippen molar-refractivity contribution < 1.29 is 0 Å². The Balaban J connectivity index is 1.07. The summed E-state index contributed by atoms with van der Waals surface area (Å²) < 4.78 is 0. The molecule has 0 amide bonds. The van der Waals surface area contributed by atoms with Crippen LogP contribution < -0.4 is 0 Å². The zero-order valence-corrected chi connectivity index (χ0v) is 37.2. The zero-order chi connectivity index (χ0) is 44.7. The van der Waals surface area contributed by atoms with Crippen molar-refractivity contribution in [2.75, 3.05) is 0 Å². The van der Waals surface area contributed by atoms with Crippen LogP contribution >= 0.6 is 0 Å². The van der Waals surface area contributed by atoms with Crippen LogP contribution in [-0.2, 0) is 0 Å². The monoisotopic (exact) mass is 858 g/mol. The molecule has 0 unspecified atom stereocenters. The van der Waals surface area contributed by atoms with Gasteiger partial charge in [0.25, 0.3) is 0 Å². The summed E-state index contributed by atoms with van der Waals surface area (Å²) in [7, 11) is 0. The molecule has 0 aliphatic heterocycles. The van der Waals surface area contributed by atoms with Gasteiger partial charge in [0.15, 0.2) is 0 Å². The van der Waals surface area contributed by atoms with Gasteiger partial charge in [0.2, 0.25) is 0 Å². The Morgan fingerprint density at radius 1 is 0.162 bits per heavy atom. The molecular formula is C68H42. The second kappa shape index (κ2) is 15.4. The van der Waals surface area contributed by atoms with Crippen LogP contribution in [0.3, 0.4) is 0 Å². The first-order chi connectivity index (χ1) is 33.8. The molecule has 0 saturated carbocycles. The molecule has 0 aromatic heterocycles. The van der Waals surface area contributed by atoms with Crippen molar-refractivity contribution in [2.45, 2.75) is 0 Å². The average Bonchev–Trinajstić information content (AvgIpc) is 3.42. The van der Waals surface area contributed by atoms with Crippen LogP contribution in [0.5, 0.6) is 0 Å². The van der Waals surface area contributed by atoms with Gasteiger partial charge in [-0.1, -0.05) is 243 Å². The fourth-order valence-corrected chi connectivity index (χ4v) is 11.7. The maximum atomic E-state index is 2.45. The molecule has 14 rings (SSSR count). The highest BCUT2D eigenvalue weighted by Crippen LogP contribution is 2.52. The lowest BCUT2D eigenvalue weighted by Crippen LogP contribution is -1.95. The molecule has 0 spiro atoms. The van der Waals surface area contributed by atoms with Crippen molar-refractivity contribution in [3.05, 3.63) is 255 Å². The standard InChI is InChI=1S/C68H42/c1-4-19-43(20-5-1)46-35-36-54(62(41-46)45-23-8-3-9-24-45)53-37-39-58(52-30-15-14-29-51(52)53)64-56-31-16-17-32-57(56)66-61-40-38-55(50-28-13-12-26-48(50)44-21-6-2-7-22-44)63-42-47-25-10-11-27-49(47)65(68(61)63)60-34-18-33-59(64)67(60)66/h1-42H. The van der Waals surface area contributed by atoms with Crippen molar-refractivity contribution in [1.82, 2.24) is 0 Å². The molecule has 0 heterocycles. The van der Waals surface area contributed by atoms with E-state index in [1.807, 2.05) is 0 Å². The summed E-state index contributed by atoms with van der Waals surface area (Å²) in [5.41, 5.74) is 14.8. The van der Waals surface area contributed by atoms with Crippen LogP contribution in [0.2, 0.25) is 0 Å². The molecule has 0 bridgehead atoms. The Morgan fingerprint density at radius 2 is 0.603 bits per heavy atom. The summed E-state index contributed by atoms with van der Waals surface area (Å²) in [4.78, 5) is 0. The van der Waals surface area contributed by atoms with Crippen molar-refractivity contribution in [1.29, 1.82) is 0 Å². The molecule has 0 fully saturated rings. The van der Waals surface area contributed by atoms with Gasteiger partial charge in [-0.25, -0.2) is 0 Å². The second-order valence-electron chi connectivity index (χ2n) is 18.2. The Morgan fingerprint density at radius 3 is 1.35 bits per heavy atom. The number of hydrogen-bond acceptors (Lipinski definition) is 0. The lowest BCUT2D eigenvalue weighted by molar-refractivity contribution is 1.57. The van der Waals surface area contributed by atoms with Gasteiger partial charge in [0, 0.05) is 0 Å². The Kier molecular flexibility index (Phi) is 8.69. The molecular weight excluding hydrogens is 817 g/mol. The number of hydrogen-bond donors (Lipinski definition) is 0. The minimum absolute atomic E-state index is 1.21. The summed E-state index contributed by atoms with van der Waals surface area (Å²) in [6.07, 6.45) is 0. The van der Waals surface area contributed by atoms with Crippen LogP contribution in [0.25, 0.3) is 142 Å². The van der Waals surface area contributed by atoms with E-state index < -0.39 is 0 Å². The fraction of sp³-hybridized carbons (Fsp3) is 0. The lowest BCUT2D eigenvalue weighted by Gasteiger charge is -2.23. The minimum atomic E-state index is 1.21. The molecule has 0 aliphatic rings. The summed E-state index contributed by atoms with van der Waals surface area (Å²) in [5.74, 6) is 0. The van der Waals surface area contributed by atoms with E-state index in [9.17, 15) is 0 Å². The molecule has 14 aromatic rings. The van der Waals surface area contributed by atoms with Crippen molar-refractivity contribution >= 4 is 75.4 Å². The maximum Gasteiger partial charge on any atom is -0.00134 e. The third-order valence-corrected chi connectivity index (χ3v) is 14.6. The van der Waals surface area contributed by atoms with Gasteiger partial charge in [0.05, 0.1) is 0 Å². The van der Waals surface area contributed by atoms with E-state index in [1.165, 1.54) is 142 Å². The first kappa shape index (κ1) is 38.4. The summed E-state index contributed by atoms with van der Waals surface area (Å²) >= 11 is 0. The SMILES string of the molecule is c1ccc(-c2ccc(-c3ccc(-c4c5ccccc5c5c6ccc(-c7ccccc7-c7ccccc7)c7cc8ccccc8c(c8cccc4c85)c76)c4ccccc34)c(-c3ccccc3)c2)cc1. The molecule has 0 N–H and O–H groups in total. The quantitative estimate of drug-likeness (QED) is 0.115. The van der Waals surface area contributed by atoms with Gasteiger partial charge in [0.1, 0.15) is 0 Å². The van der Waals surface area contributed by atoms with Crippen LogP contribution in [0.15, 0.2) is 255 Å². The summed E-state index contributed by atoms with van der Waals surface area (Å²) in [6, 6.07) is 94.6. The largest absolute Gasteiger partial charge is 0.0622 e. The average molecular weight is 859 g/mol. The number of benzene rings is 14. The van der Waals surface area contributed by atoms with Gasteiger partial charge in [-0.2, -0.15) is 0 Å². The molecule has 314 valence electrons. The first-order valence-corrected chi connectivity index (χ1v) is 23.7. The van der Waals surface area contributed by atoms with Gasteiger partial charge in [-0.05, 0) is 154 Å². The molecule has 0 nitrogen and oxygen atoms in total. The van der Waals surface area contributed by atoms with Crippen molar-refractivity contribution in [3.8, 4) is 66.8 Å². The van der Waals surface area contributed by atoms with E-state index in [-0.39, 0.29) is 0 Å². The summed E-state index contributed by atoms with van der Waals surface area (Å²) in [6.45, 7) is 0. The molecule has 14 aromatic carbocycles. The highest BCUT2D eigenvalue weighted by molar-refractivity contribution is 6.44. The van der Waals surface area contributed by atoms with E-state index in [0.717, 1.165) is 0 Å². The minimum Gasteiger partial charge on any atom is -0.0622 e. The van der Waals surface area contributed by atoms with Gasteiger partial charge < -0.3 is 0 Å². The highest BCUT2D eigenvalue weighted by Gasteiger charge is 2.24. The normalized spacial score (nSPS) is 11.8. The third-order valence-electron chi connectivity index (χ3n) is 14.6. The smallest absolute Gasteiger partial charge is 0.00134 e. The fourth-order valence-electron chi connectivity index (χ4n) is 11.7. The lowest BCUT2D eigenvalue weighted by atomic mass is 9.80. The van der Waals surface area contributed by atoms with Crippen molar-refractivity contribution in [2.24, 2.45) is 0 Å². The van der Waals surface area contributed by atoms with E-state index in [0.29, 0.717) is 0 Å². The molecule has 0 heteroatoms. The summed E-state index contributed by atoms with van der Waals surface area (Å²) in [5, 5.41) is 18.0. The van der Waals surface area contributed by atoms with Crippen molar-refractivity contribution in [3.63, 3.8) is 0 Å². The van der Waals surface area contributed by atoms with E-state index in [1.54, 1.807) is 0 Å². The van der Waals surface area contributed by atoms with Gasteiger partial charge in [-0.15, -0.1) is 0 Å². The van der Waals surface area contributed by atoms with Crippen LogP contribution in [0, 0.1) is 0 Å². The molecule has 0 aliphatic carbocycles. The van der Waals surface area contributed by atoms with Gasteiger partial charge in [-0.3, -0.25) is 0 Å². The molecule has 0 saturated heterocycles.